The molecule has 0 radical (unpaired) electrons. The van der Waals surface area contributed by atoms with E-state index in [1.54, 1.807) is 0 Å². The highest BCUT2D eigenvalue weighted by molar-refractivity contribution is 8.13. The second-order valence-electron chi connectivity index (χ2n) is 4.20. The van der Waals surface area contributed by atoms with Gasteiger partial charge in [0.05, 0.1) is 25.3 Å². The molecule has 1 unspecified atom stereocenters. The molecular formula is C10H12ClN3O4S. The maximum atomic E-state index is 11.8. The number of carbonyl (C=O) groups excluding carboxylic acids is 1. The first-order valence-corrected chi connectivity index (χ1v) is 7.95. The summed E-state index contributed by atoms with van der Waals surface area (Å²) in [6.07, 6.45) is 2.95. The lowest BCUT2D eigenvalue weighted by Gasteiger charge is -2.14. The summed E-state index contributed by atoms with van der Waals surface area (Å²) in [7, 11) is 3.05. The van der Waals surface area contributed by atoms with Crippen LogP contribution < -0.4 is 9.64 Å². The van der Waals surface area contributed by atoms with Gasteiger partial charge in [0.1, 0.15) is 0 Å². The predicted octanol–water partition coefficient (Wildman–Crippen LogP) is 0.407. The zero-order chi connectivity index (χ0) is 14.0. The molecule has 19 heavy (non-hydrogen) atoms. The second kappa shape index (κ2) is 5.30. The third-order valence-electron chi connectivity index (χ3n) is 2.74. The first-order chi connectivity index (χ1) is 8.89. The largest absolute Gasteiger partial charge is 0.480 e. The summed E-state index contributed by atoms with van der Waals surface area (Å²) in [6.45, 7) is 0.270. The first kappa shape index (κ1) is 14.0. The maximum Gasteiger partial charge on any atom is 0.232 e. The zero-order valence-electron chi connectivity index (χ0n) is 10.1. The molecule has 1 saturated heterocycles. The third-order valence-corrected chi connectivity index (χ3v) is 3.99. The summed E-state index contributed by atoms with van der Waals surface area (Å²) in [4.78, 5) is 21.2. The fourth-order valence-corrected chi connectivity index (χ4v) is 3.27. The molecule has 1 aromatic rings. The van der Waals surface area contributed by atoms with Crippen LogP contribution in [0, 0.1) is 5.92 Å². The van der Waals surface area contributed by atoms with Crippen LogP contribution >= 0.6 is 10.7 Å². The number of hydrogen-bond donors (Lipinski definition) is 0. The third kappa shape index (κ3) is 3.54. The van der Waals surface area contributed by atoms with Gasteiger partial charge in [0, 0.05) is 29.6 Å². The van der Waals surface area contributed by atoms with Gasteiger partial charge in [-0.2, -0.15) is 0 Å². The van der Waals surface area contributed by atoms with Gasteiger partial charge in [0.2, 0.25) is 20.8 Å². The topological polar surface area (TPSA) is 89.5 Å². The average Bonchev–Trinajstić information content (AvgIpc) is 2.68. The highest BCUT2D eigenvalue weighted by Gasteiger charge is 2.33. The van der Waals surface area contributed by atoms with E-state index in [0.717, 1.165) is 0 Å². The summed E-state index contributed by atoms with van der Waals surface area (Å²) >= 11 is 0. The number of amides is 1. The van der Waals surface area contributed by atoms with Gasteiger partial charge in [-0.05, 0) is 0 Å². The smallest absolute Gasteiger partial charge is 0.232 e. The lowest BCUT2D eigenvalue weighted by molar-refractivity contribution is -0.117. The molecule has 0 aromatic carbocycles. The van der Waals surface area contributed by atoms with E-state index < -0.39 is 9.05 Å². The molecule has 1 aromatic heterocycles. The number of aromatic nitrogens is 2. The van der Waals surface area contributed by atoms with Gasteiger partial charge in [-0.25, -0.2) is 18.4 Å². The van der Waals surface area contributed by atoms with E-state index in [9.17, 15) is 13.2 Å². The van der Waals surface area contributed by atoms with Gasteiger partial charge in [-0.15, -0.1) is 0 Å². The van der Waals surface area contributed by atoms with Gasteiger partial charge in [-0.3, -0.25) is 9.69 Å². The average molecular weight is 306 g/mol. The van der Waals surface area contributed by atoms with Crippen molar-refractivity contribution >= 4 is 31.5 Å². The highest BCUT2D eigenvalue weighted by Crippen LogP contribution is 2.25. The Morgan fingerprint density at radius 1 is 1.47 bits per heavy atom. The Morgan fingerprint density at radius 3 is 2.74 bits per heavy atom. The Bertz CT molecular complexity index is 575. The van der Waals surface area contributed by atoms with E-state index in [4.69, 9.17) is 15.4 Å². The first-order valence-electron chi connectivity index (χ1n) is 5.48. The van der Waals surface area contributed by atoms with Crippen LogP contribution in [0.4, 0.5) is 5.82 Å². The van der Waals surface area contributed by atoms with Crippen molar-refractivity contribution in [3.63, 3.8) is 0 Å². The highest BCUT2D eigenvalue weighted by atomic mass is 35.7. The van der Waals surface area contributed by atoms with Crippen molar-refractivity contribution in [3.05, 3.63) is 12.4 Å². The number of carbonyl (C=O) groups is 1. The molecule has 104 valence electrons. The standard InChI is InChI=1S/C10H12ClN3O4S/c1-18-9-4-12-8(3-13-9)14-5-7(2-10(14)15)6-19(11,16)17/h3-4,7H,2,5-6H2,1H3. The fraction of sp³-hybridized carbons (Fsp3) is 0.500. The van der Waals surface area contributed by atoms with Gasteiger partial charge in [0.25, 0.3) is 0 Å². The molecule has 1 fully saturated rings. The number of rotatable bonds is 4. The molecule has 0 spiro atoms. The van der Waals surface area contributed by atoms with Gasteiger partial charge < -0.3 is 4.74 Å². The molecule has 1 aliphatic rings. The van der Waals surface area contributed by atoms with Crippen molar-refractivity contribution in [1.82, 2.24) is 9.97 Å². The van der Waals surface area contributed by atoms with Crippen molar-refractivity contribution in [1.29, 1.82) is 0 Å². The number of methoxy groups -OCH3 is 1. The Balaban J connectivity index is 2.11. The minimum Gasteiger partial charge on any atom is -0.480 e. The molecule has 0 saturated carbocycles. The zero-order valence-corrected chi connectivity index (χ0v) is 11.7. The lowest BCUT2D eigenvalue weighted by atomic mass is 10.1. The molecule has 7 nitrogen and oxygen atoms in total. The minimum atomic E-state index is -3.61. The molecule has 0 bridgehead atoms. The summed E-state index contributed by atoms with van der Waals surface area (Å²) in [5, 5.41) is 0. The van der Waals surface area contributed by atoms with Crippen LogP contribution in [0.3, 0.4) is 0 Å². The van der Waals surface area contributed by atoms with Crippen molar-refractivity contribution in [2.24, 2.45) is 5.92 Å². The van der Waals surface area contributed by atoms with Crippen LogP contribution in [0.1, 0.15) is 6.42 Å². The van der Waals surface area contributed by atoms with Crippen molar-refractivity contribution < 1.29 is 17.9 Å². The minimum absolute atomic E-state index is 0.139. The van der Waals surface area contributed by atoms with Crippen LogP contribution in [0.2, 0.25) is 0 Å². The fourth-order valence-electron chi connectivity index (χ4n) is 1.95. The maximum absolute atomic E-state index is 11.8. The van der Waals surface area contributed by atoms with E-state index in [2.05, 4.69) is 9.97 Å². The summed E-state index contributed by atoms with van der Waals surface area (Å²) in [6, 6.07) is 0. The Kier molecular flexibility index (Phi) is 3.91. The number of nitrogens with zero attached hydrogens (tertiary/aromatic N) is 3. The molecular weight excluding hydrogens is 294 g/mol. The number of hydrogen-bond acceptors (Lipinski definition) is 6. The van der Waals surface area contributed by atoms with E-state index in [-0.39, 0.29) is 30.5 Å². The van der Waals surface area contributed by atoms with Crippen molar-refractivity contribution in [3.8, 4) is 5.88 Å². The summed E-state index contributed by atoms with van der Waals surface area (Å²) in [5.41, 5.74) is 0. The van der Waals surface area contributed by atoms with Crippen LogP contribution in [0.15, 0.2) is 12.4 Å². The number of halogens is 1. The van der Waals surface area contributed by atoms with E-state index >= 15 is 0 Å². The Labute approximate surface area is 115 Å². The van der Waals surface area contributed by atoms with Crippen molar-refractivity contribution in [2.45, 2.75) is 6.42 Å². The van der Waals surface area contributed by atoms with Crippen LogP contribution in [-0.4, -0.2) is 43.7 Å². The Morgan fingerprint density at radius 2 is 2.21 bits per heavy atom. The van der Waals surface area contributed by atoms with Gasteiger partial charge in [0.15, 0.2) is 5.82 Å². The molecule has 1 atom stereocenters. The van der Waals surface area contributed by atoms with Crippen LogP contribution in [-0.2, 0) is 13.8 Å². The second-order valence-corrected chi connectivity index (χ2v) is 7.02. The number of ether oxygens (including phenoxy) is 1. The van der Waals surface area contributed by atoms with Crippen molar-refractivity contribution in [2.75, 3.05) is 24.3 Å². The normalized spacial score (nSPS) is 19.8. The van der Waals surface area contributed by atoms with E-state index in [1.807, 2.05) is 0 Å². The lowest BCUT2D eigenvalue weighted by Crippen LogP contribution is -2.26. The summed E-state index contributed by atoms with van der Waals surface area (Å²) < 4.78 is 26.9. The molecule has 1 amide bonds. The van der Waals surface area contributed by atoms with Crippen LogP contribution in [0.25, 0.3) is 0 Å². The number of anilines is 1. The molecule has 0 N–H and O–H groups in total. The van der Waals surface area contributed by atoms with E-state index in [1.165, 1.54) is 24.4 Å². The molecule has 9 heteroatoms. The van der Waals surface area contributed by atoms with Gasteiger partial charge in [-0.1, -0.05) is 0 Å². The van der Waals surface area contributed by atoms with Crippen LogP contribution in [0.5, 0.6) is 5.88 Å². The quantitative estimate of drug-likeness (QED) is 0.748. The molecule has 0 aliphatic carbocycles. The molecule has 2 rings (SSSR count). The summed E-state index contributed by atoms with van der Waals surface area (Å²) in [5.74, 6) is -0.0142. The van der Waals surface area contributed by atoms with E-state index in [0.29, 0.717) is 11.7 Å². The predicted molar refractivity (Wildman–Crippen MR) is 68.7 cm³/mol. The SMILES string of the molecule is COc1cnc(N2CC(CS(=O)(=O)Cl)CC2=O)cn1. The monoisotopic (exact) mass is 305 g/mol. The molecule has 1 aliphatic heterocycles. The van der Waals surface area contributed by atoms with Gasteiger partial charge >= 0.3 is 0 Å². The molecule has 2 heterocycles. The Hall–Kier alpha value is -1.41.